The van der Waals surface area contributed by atoms with Crippen LogP contribution in [0.3, 0.4) is 0 Å². The number of H-pyrrole nitrogens is 1. The zero-order chi connectivity index (χ0) is 25.2. The normalized spacial score (nSPS) is 17.2. The Bertz CT molecular complexity index is 1430. The number of benzene rings is 3. The smallest absolute Gasteiger partial charge is 0.254 e. The van der Waals surface area contributed by atoms with Crippen LogP contribution in [0.15, 0.2) is 72.9 Å². The van der Waals surface area contributed by atoms with Crippen LogP contribution in [0.5, 0.6) is 5.75 Å². The Hall–Kier alpha value is -3.81. The van der Waals surface area contributed by atoms with Crippen molar-refractivity contribution in [3.8, 4) is 5.75 Å². The first-order valence-corrected chi connectivity index (χ1v) is 12.0. The first-order chi connectivity index (χ1) is 17.5. The van der Waals surface area contributed by atoms with E-state index in [4.69, 9.17) is 21.1 Å². The van der Waals surface area contributed by atoms with E-state index in [1.807, 2.05) is 48.7 Å². The summed E-state index contributed by atoms with van der Waals surface area (Å²) in [6, 6.07) is 19.6. The predicted molar refractivity (Wildman–Crippen MR) is 140 cm³/mol. The fraction of sp³-hybridized carbons (Fsp3) is 0.214. The molecule has 0 aliphatic carbocycles. The van der Waals surface area contributed by atoms with Crippen LogP contribution in [0.2, 0.25) is 5.02 Å². The van der Waals surface area contributed by atoms with E-state index in [-0.39, 0.29) is 11.8 Å². The quantitative estimate of drug-likeness (QED) is 0.354. The number of amides is 2. The number of ether oxygens (including phenoxy) is 2. The number of hydrogen-bond acceptors (Lipinski definition) is 4. The highest BCUT2D eigenvalue weighted by Crippen LogP contribution is 2.45. The third kappa shape index (κ3) is 4.21. The van der Waals surface area contributed by atoms with E-state index in [1.165, 1.54) is 7.11 Å². The maximum atomic E-state index is 14.1. The second-order valence-corrected chi connectivity index (χ2v) is 9.06. The highest BCUT2D eigenvalue weighted by Gasteiger charge is 2.45. The van der Waals surface area contributed by atoms with Gasteiger partial charge in [-0.2, -0.15) is 0 Å². The van der Waals surface area contributed by atoms with Gasteiger partial charge in [0.05, 0.1) is 31.4 Å². The molecule has 0 saturated carbocycles. The van der Waals surface area contributed by atoms with Crippen LogP contribution >= 0.6 is 11.6 Å². The Morgan fingerprint density at radius 2 is 1.83 bits per heavy atom. The average Bonchev–Trinajstić information content (AvgIpc) is 3.32. The molecule has 2 atom stereocenters. The number of para-hydroxylation sites is 1. The van der Waals surface area contributed by atoms with Crippen molar-refractivity contribution in [1.29, 1.82) is 0 Å². The van der Waals surface area contributed by atoms with Crippen molar-refractivity contribution < 1.29 is 19.1 Å². The number of aromatic nitrogens is 1. The van der Waals surface area contributed by atoms with Crippen molar-refractivity contribution in [2.24, 2.45) is 0 Å². The lowest BCUT2D eigenvalue weighted by Crippen LogP contribution is -2.47. The van der Waals surface area contributed by atoms with Crippen LogP contribution in [0.1, 0.15) is 33.4 Å². The molecule has 0 bridgehead atoms. The second-order valence-electron chi connectivity index (χ2n) is 8.62. The summed E-state index contributed by atoms with van der Waals surface area (Å²) in [5.74, 6) is -0.609. The van der Waals surface area contributed by atoms with Crippen LogP contribution in [0.25, 0.3) is 10.9 Å². The lowest BCUT2D eigenvalue weighted by Gasteiger charge is -2.41. The third-order valence-electron chi connectivity index (χ3n) is 6.62. The molecule has 5 rings (SSSR count). The third-order valence-corrected chi connectivity index (χ3v) is 6.85. The fourth-order valence-corrected chi connectivity index (χ4v) is 5.16. The molecule has 8 heteroatoms. The summed E-state index contributed by atoms with van der Waals surface area (Å²) < 4.78 is 10.8. The Kier molecular flexibility index (Phi) is 6.67. The van der Waals surface area contributed by atoms with Crippen molar-refractivity contribution in [1.82, 2.24) is 9.88 Å². The standard InChI is InChI=1S/C28H26ClN3O4/c1-35-14-13-32-26(21-16-30-22-10-6-5-7-18(21)22)25(19-8-3-4-9-20(19)28(32)34)27(33)31-23-15-17(29)11-12-24(23)36-2/h3-12,15-16,25-26,30H,13-14H2,1-2H3,(H,31,33)/t25-,26+/m1/s1. The number of nitrogens with one attached hydrogen (secondary N) is 2. The monoisotopic (exact) mass is 503 g/mol. The molecule has 184 valence electrons. The van der Waals surface area contributed by atoms with Gasteiger partial charge in [0.2, 0.25) is 5.91 Å². The van der Waals surface area contributed by atoms with E-state index in [0.29, 0.717) is 40.7 Å². The van der Waals surface area contributed by atoms with Gasteiger partial charge < -0.3 is 24.7 Å². The molecule has 3 aromatic carbocycles. The average molecular weight is 504 g/mol. The molecule has 7 nitrogen and oxygen atoms in total. The molecule has 0 unspecified atom stereocenters. The van der Waals surface area contributed by atoms with E-state index in [1.54, 1.807) is 36.3 Å². The van der Waals surface area contributed by atoms with E-state index in [9.17, 15) is 9.59 Å². The van der Waals surface area contributed by atoms with Gasteiger partial charge in [0.25, 0.3) is 5.91 Å². The molecule has 2 N–H and O–H groups in total. The number of rotatable bonds is 7. The van der Waals surface area contributed by atoms with Crippen molar-refractivity contribution in [2.75, 3.05) is 32.7 Å². The van der Waals surface area contributed by atoms with Gasteiger partial charge in [-0.15, -0.1) is 0 Å². The van der Waals surface area contributed by atoms with Gasteiger partial charge in [0.15, 0.2) is 0 Å². The largest absolute Gasteiger partial charge is 0.495 e. The molecule has 2 heterocycles. The summed E-state index contributed by atoms with van der Waals surface area (Å²) in [4.78, 5) is 32.8. The number of aromatic amines is 1. The Balaban J connectivity index is 1.68. The van der Waals surface area contributed by atoms with Crippen molar-refractivity contribution in [2.45, 2.75) is 12.0 Å². The topological polar surface area (TPSA) is 83.7 Å². The Morgan fingerprint density at radius 3 is 2.64 bits per heavy atom. The fourth-order valence-electron chi connectivity index (χ4n) is 4.98. The van der Waals surface area contributed by atoms with Crippen LogP contribution in [0.4, 0.5) is 5.69 Å². The van der Waals surface area contributed by atoms with Crippen LogP contribution < -0.4 is 10.1 Å². The summed E-state index contributed by atoms with van der Waals surface area (Å²) >= 11 is 6.22. The van der Waals surface area contributed by atoms with Gasteiger partial charge >= 0.3 is 0 Å². The lowest BCUT2D eigenvalue weighted by molar-refractivity contribution is -0.119. The molecule has 0 radical (unpaired) electrons. The summed E-state index contributed by atoms with van der Waals surface area (Å²) in [7, 11) is 3.13. The second kappa shape index (κ2) is 10.0. The van der Waals surface area contributed by atoms with Crippen molar-refractivity contribution in [3.63, 3.8) is 0 Å². The van der Waals surface area contributed by atoms with E-state index < -0.39 is 12.0 Å². The zero-order valence-electron chi connectivity index (χ0n) is 20.0. The molecule has 0 fully saturated rings. The molecule has 2 amide bonds. The van der Waals surface area contributed by atoms with Gasteiger partial charge in [-0.05, 0) is 35.9 Å². The molecule has 36 heavy (non-hydrogen) atoms. The van der Waals surface area contributed by atoms with E-state index in [0.717, 1.165) is 16.5 Å². The predicted octanol–water partition coefficient (Wildman–Crippen LogP) is 5.40. The molecule has 1 aromatic heterocycles. The highest BCUT2D eigenvalue weighted by molar-refractivity contribution is 6.31. The maximum absolute atomic E-state index is 14.1. The highest BCUT2D eigenvalue weighted by atomic mass is 35.5. The molecule has 1 aliphatic rings. The minimum atomic E-state index is -0.696. The SMILES string of the molecule is COCCN1C(=O)c2ccccc2[C@@H](C(=O)Nc2cc(Cl)ccc2OC)[C@@H]1c1c[nH]c2ccccc12. The zero-order valence-corrected chi connectivity index (χ0v) is 20.7. The van der Waals surface area contributed by atoms with Crippen molar-refractivity contribution >= 4 is 40.0 Å². The summed E-state index contributed by atoms with van der Waals surface area (Å²) in [6.07, 6.45) is 1.89. The minimum absolute atomic E-state index is 0.137. The molecule has 4 aromatic rings. The minimum Gasteiger partial charge on any atom is -0.495 e. The number of carbonyl (C=O) groups excluding carboxylic acids is 2. The number of carbonyl (C=O) groups is 2. The molecule has 1 aliphatic heterocycles. The molecular weight excluding hydrogens is 478 g/mol. The van der Waals surface area contributed by atoms with Gasteiger partial charge in [-0.1, -0.05) is 48.0 Å². The van der Waals surface area contributed by atoms with Gasteiger partial charge in [0, 0.05) is 46.9 Å². The first kappa shape index (κ1) is 23.9. The van der Waals surface area contributed by atoms with Gasteiger partial charge in [0.1, 0.15) is 5.75 Å². The number of hydrogen-bond donors (Lipinski definition) is 2. The Morgan fingerprint density at radius 1 is 1.06 bits per heavy atom. The molecule has 0 spiro atoms. The molecular formula is C28H26ClN3O4. The van der Waals surface area contributed by atoms with Gasteiger partial charge in [-0.25, -0.2) is 0 Å². The number of anilines is 1. The van der Waals surface area contributed by atoms with E-state index >= 15 is 0 Å². The van der Waals surface area contributed by atoms with Crippen molar-refractivity contribution in [3.05, 3.63) is 94.6 Å². The van der Waals surface area contributed by atoms with Gasteiger partial charge in [-0.3, -0.25) is 9.59 Å². The van der Waals surface area contributed by atoms with Crippen LogP contribution in [-0.4, -0.2) is 49.1 Å². The number of methoxy groups -OCH3 is 2. The number of nitrogens with zero attached hydrogens (tertiary/aromatic N) is 1. The van der Waals surface area contributed by atoms with Crippen LogP contribution in [-0.2, 0) is 9.53 Å². The number of fused-ring (bicyclic) bond motifs is 2. The maximum Gasteiger partial charge on any atom is 0.254 e. The summed E-state index contributed by atoms with van der Waals surface area (Å²) in [5.41, 5.74) is 3.43. The summed E-state index contributed by atoms with van der Waals surface area (Å²) in [5, 5.41) is 4.44. The number of halogens is 1. The summed E-state index contributed by atoms with van der Waals surface area (Å²) in [6.45, 7) is 0.668. The van der Waals surface area contributed by atoms with E-state index in [2.05, 4.69) is 10.3 Å². The first-order valence-electron chi connectivity index (χ1n) is 11.6. The Labute approximate surface area is 214 Å². The molecule has 0 saturated heterocycles. The lowest BCUT2D eigenvalue weighted by atomic mass is 9.79. The van der Waals surface area contributed by atoms with Crippen LogP contribution in [0, 0.1) is 0 Å².